The van der Waals surface area contributed by atoms with Crippen LogP contribution in [0, 0.1) is 0 Å². The Morgan fingerprint density at radius 1 is 1.62 bits per heavy atom. The van der Waals surface area contributed by atoms with E-state index in [9.17, 15) is 4.79 Å². The van der Waals surface area contributed by atoms with Gasteiger partial charge in [-0.25, -0.2) is 0 Å². The molecule has 3 heteroatoms. The van der Waals surface area contributed by atoms with Gasteiger partial charge in [0.2, 0.25) is 6.41 Å². The maximum Gasteiger partial charge on any atom is 0.207 e. The molecule has 1 aromatic heterocycles. The molecule has 1 heterocycles. The molecule has 13 heavy (non-hydrogen) atoms. The molecule has 0 fully saturated rings. The van der Waals surface area contributed by atoms with Crippen LogP contribution in [0.2, 0.25) is 0 Å². The summed E-state index contributed by atoms with van der Waals surface area (Å²) in [6, 6.07) is 4.35. The number of pyridine rings is 1. The maximum absolute atomic E-state index is 10.3. The Labute approximate surface area is 77.2 Å². The zero-order valence-electron chi connectivity index (χ0n) is 7.36. The molecule has 1 atom stereocenters. The van der Waals surface area contributed by atoms with Crippen molar-refractivity contribution in [2.45, 2.75) is 25.3 Å². The Bertz CT molecular complexity index is 312. The second-order valence-corrected chi connectivity index (χ2v) is 3.33. The molecule has 1 amide bonds. The summed E-state index contributed by atoms with van der Waals surface area (Å²) in [6.07, 6.45) is 5.50. The van der Waals surface area contributed by atoms with E-state index in [1.165, 1.54) is 5.56 Å². The van der Waals surface area contributed by atoms with Crippen LogP contribution in [-0.2, 0) is 17.6 Å². The van der Waals surface area contributed by atoms with Crippen LogP contribution < -0.4 is 5.32 Å². The van der Waals surface area contributed by atoms with Gasteiger partial charge in [-0.3, -0.25) is 9.78 Å². The first kappa shape index (κ1) is 8.23. The first-order valence-corrected chi connectivity index (χ1v) is 4.52. The van der Waals surface area contributed by atoms with Crippen molar-refractivity contribution < 1.29 is 4.79 Å². The summed E-state index contributed by atoms with van der Waals surface area (Å²) in [5.74, 6) is 0. The van der Waals surface area contributed by atoms with Crippen molar-refractivity contribution in [3.8, 4) is 0 Å². The maximum atomic E-state index is 10.3. The van der Waals surface area contributed by atoms with Gasteiger partial charge in [-0.1, -0.05) is 6.07 Å². The van der Waals surface area contributed by atoms with Crippen LogP contribution in [0.15, 0.2) is 18.3 Å². The number of amides is 1. The summed E-state index contributed by atoms with van der Waals surface area (Å²) in [7, 11) is 0. The molecule has 0 bridgehead atoms. The summed E-state index contributed by atoms with van der Waals surface area (Å²) in [5, 5.41) is 2.80. The van der Waals surface area contributed by atoms with Crippen LogP contribution in [-0.4, -0.2) is 17.4 Å². The predicted octanol–water partition coefficient (Wildman–Crippen LogP) is 0.685. The molecule has 0 spiro atoms. The Kier molecular flexibility index (Phi) is 2.25. The SMILES string of the molecule is O=CNC1CCc2cccnc2C1. The standard InChI is InChI=1S/C10H12N2O/c13-7-12-9-4-3-8-2-1-5-11-10(8)6-9/h1-2,5,7,9H,3-4,6H2,(H,12,13). The molecular weight excluding hydrogens is 164 g/mol. The summed E-state index contributed by atoms with van der Waals surface area (Å²) < 4.78 is 0. The van der Waals surface area contributed by atoms with Gasteiger partial charge in [-0.05, 0) is 24.5 Å². The molecule has 0 aliphatic heterocycles. The molecule has 0 saturated carbocycles. The lowest BCUT2D eigenvalue weighted by Crippen LogP contribution is -2.33. The number of hydrogen-bond donors (Lipinski definition) is 1. The lowest BCUT2D eigenvalue weighted by molar-refractivity contribution is -0.110. The predicted molar refractivity (Wildman–Crippen MR) is 49.2 cm³/mol. The lowest BCUT2D eigenvalue weighted by Gasteiger charge is -2.22. The average Bonchev–Trinajstić information content (AvgIpc) is 2.18. The Balaban J connectivity index is 2.15. The van der Waals surface area contributed by atoms with Crippen molar-refractivity contribution in [1.82, 2.24) is 10.3 Å². The average molecular weight is 176 g/mol. The Morgan fingerprint density at radius 2 is 2.54 bits per heavy atom. The fourth-order valence-electron chi connectivity index (χ4n) is 1.79. The third-order valence-electron chi connectivity index (χ3n) is 2.49. The highest BCUT2D eigenvalue weighted by Crippen LogP contribution is 2.18. The van der Waals surface area contributed by atoms with Crippen LogP contribution in [0.3, 0.4) is 0 Å². The van der Waals surface area contributed by atoms with Crippen LogP contribution in [0.25, 0.3) is 0 Å². The second kappa shape index (κ2) is 3.56. The summed E-state index contributed by atoms with van der Waals surface area (Å²) >= 11 is 0. The molecule has 1 N–H and O–H groups in total. The van der Waals surface area contributed by atoms with Gasteiger partial charge in [0.15, 0.2) is 0 Å². The van der Waals surface area contributed by atoms with Crippen molar-refractivity contribution >= 4 is 6.41 Å². The lowest BCUT2D eigenvalue weighted by atomic mass is 9.92. The van der Waals surface area contributed by atoms with E-state index in [-0.39, 0.29) is 6.04 Å². The zero-order chi connectivity index (χ0) is 9.10. The first-order chi connectivity index (χ1) is 6.40. The van der Waals surface area contributed by atoms with Crippen molar-refractivity contribution in [3.63, 3.8) is 0 Å². The number of carbonyl (C=O) groups is 1. The zero-order valence-corrected chi connectivity index (χ0v) is 7.36. The molecular formula is C10H12N2O. The minimum atomic E-state index is 0.278. The van der Waals surface area contributed by atoms with Gasteiger partial charge in [0.25, 0.3) is 0 Å². The van der Waals surface area contributed by atoms with E-state index in [0.717, 1.165) is 31.4 Å². The van der Waals surface area contributed by atoms with Gasteiger partial charge in [0.1, 0.15) is 0 Å². The molecule has 1 aliphatic carbocycles. The van der Waals surface area contributed by atoms with Gasteiger partial charge in [0.05, 0.1) is 0 Å². The van der Waals surface area contributed by atoms with Crippen LogP contribution in [0.4, 0.5) is 0 Å². The Hall–Kier alpha value is -1.38. The number of rotatable bonds is 2. The summed E-state index contributed by atoms with van der Waals surface area (Å²) in [4.78, 5) is 14.5. The molecule has 1 unspecified atom stereocenters. The van der Waals surface area contributed by atoms with Gasteiger partial charge in [-0.15, -0.1) is 0 Å². The number of carbonyl (C=O) groups excluding carboxylic acids is 1. The minimum Gasteiger partial charge on any atom is -0.356 e. The highest BCUT2D eigenvalue weighted by Gasteiger charge is 2.17. The molecule has 1 aliphatic rings. The normalized spacial score (nSPS) is 20.5. The van der Waals surface area contributed by atoms with Crippen LogP contribution in [0.1, 0.15) is 17.7 Å². The molecule has 2 rings (SSSR count). The molecule has 1 aromatic rings. The quantitative estimate of drug-likeness (QED) is 0.673. The van der Waals surface area contributed by atoms with E-state index in [2.05, 4.69) is 16.4 Å². The number of aromatic nitrogens is 1. The minimum absolute atomic E-state index is 0.278. The summed E-state index contributed by atoms with van der Waals surface area (Å²) in [6.45, 7) is 0. The van der Waals surface area contributed by atoms with Crippen molar-refractivity contribution in [1.29, 1.82) is 0 Å². The molecule has 68 valence electrons. The largest absolute Gasteiger partial charge is 0.356 e. The summed E-state index contributed by atoms with van der Waals surface area (Å²) in [5.41, 5.74) is 2.46. The first-order valence-electron chi connectivity index (χ1n) is 4.52. The second-order valence-electron chi connectivity index (χ2n) is 3.33. The van der Waals surface area contributed by atoms with E-state index in [1.54, 1.807) is 0 Å². The van der Waals surface area contributed by atoms with Crippen LogP contribution in [0.5, 0.6) is 0 Å². The molecule has 0 aromatic carbocycles. The number of aryl methyl sites for hydroxylation is 1. The third kappa shape index (κ3) is 1.69. The molecule has 0 radical (unpaired) electrons. The van der Waals surface area contributed by atoms with E-state index in [1.807, 2.05) is 12.3 Å². The molecule has 3 nitrogen and oxygen atoms in total. The topological polar surface area (TPSA) is 42.0 Å². The fourth-order valence-corrected chi connectivity index (χ4v) is 1.79. The number of hydrogen-bond acceptors (Lipinski definition) is 2. The van der Waals surface area contributed by atoms with Gasteiger partial charge in [0, 0.05) is 24.4 Å². The highest BCUT2D eigenvalue weighted by atomic mass is 16.1. The van der Waals surface area contributed by atoms with Gasteiger partial charge in [-0.2, -0.15) is 0 Å². The van der Waals surface area contributed by atoms with E-state index < -0.39 is 0 Å². The van der Waals surface area contributed by atoms with Crippen molar-refractivity contribution in [2.75, 3.05) is 0 Å². The van der Waals surface area contributed by atoms with Crippen molar-refractivity contribution in [3.05, 3.63) is 29.6 Å². The third-order valence-corrected chi connectivity index (χ3v) is 2.49. The number of nitrogens with zero attached hydrogens (tertiary/aromatic N) is 1. The van der Waals surface area contributed by atoms with Gasteiger partial charge >= 0.3 is 0 Å². The number of fused-ring (bicyclic) bond motifs is 1. The fraction of sp³-hybridized carbons (Fsp3) is 0.400. The van der Waals surface area contributed by atoms with E-state index >= 15 is 0 Å². The smallest absolute Gasteiger partial charge is 0.207 e. The Morgan fingerprint density at radius 3 is 3.38 bits per heavy atom. The van der Waals surface area contributed by atoms with Crippen molar-refractivity contribution in [2.24, 2.45) is 0 Å². The van der Waals surface area contributed by atoms with Crippen LogP contribution >= 0.6 is 0 Å². The van der Waals surface area contributed by atoms with Gasteiger partial charge < -0.3 is 5.32 Å². The van der Waals surface area contributed by atoms with E-state index in [4.69, 9.17) is 0 Å². The number of nitrogens with one attached hydrogen (secondary N) is 1. The van der Waals surface area contributed by atoms with E-state index in [0.29, 0.717) is 0 Å². The monoisotopic (exact) mass is 176 g/mol. The highest BCUT2D eigenvalue weighted by molar-refractivity contribution is 5.47. The molecule has 0 saturated heterocycles.